The van der Waals surface area contributed by atoms with Crippen molar-refractivity contribution in [2.75, 3.05) is 12.8 Å². The molecule has 1 aromatic heterocycles. The average molecular weight is 211 g/mol. The molecular weight excluding hydrogens is 200 g/mol. The molecule has 0 atom stereocenters. The molecule has 0 amide bonds. The second-order valence-electron chi connectivity index (χ2n) is 2.76. The molecule has 0 bridgehead atoms. The Bertz CT molecular complexity index is 445. The molecule has 0 aliphatic rings. The highest BCUT2D eigenvalue weighted by Crippen LogP contribution is 2.27. The van der Waals surface area contributed by atoms with Gasteiger partial charge in [-0.15, -0.1) is 12.4 Å². The van der Waals surface area contributed by atoms with Crippen LogP contribution in [0.1, 0.15) is 0 Å². The van der Waals surface area contributed by atoms with Gasteiger partial charge in [0.1, 0.15) is 5.75 Å². The van der Waals surface area contributed by atoms with Gasteiger partial charge < -0.3 is 10.5 Å². The minimum Gasteiger partial charge on any atom is -0.496 e. The van der Waals surface area contributed by atoms with E-state index in [0.29, 0.717) is 5.69 Å². The molecule has 2 rings (SSSR count). The highest BCUT2D eigenvalue weighted by atomic mass is 35.5. The van der Waals surface area contributed by atoms with Crippen LogP contribution in [0.25, 0.3) is 10.9 Å². The molecule has 14 heavy (non-hydrogen) atoms. The summed E-state index contributed by atoms with van der Waals surface area (Å²) in [5.41, 5.74) is 7.23. The molecule has 0 radical (unpaired) electrons. The van der Waals surface area contributed by atoms with Gasteiger partial charge >= 0.3 is 0 Å². The fourth-order valence-electron chi connectivity index (χ4n) is 1.35. The van der Waals surface area contributed by atoms with Gasteiger partial charge in [-0.3, -0.25) is 4.98 Å². The smallest absolute Gasteiger partial charge is 0.128 e. The second-order valence-corrected chi connectivity index (χ2v) is 2.76. The Kier molecular flexibility index (Phi) is 3.14. The third-order valence-electron chi connectivity index (χ3n) is 1.98. The van der Waals surface area contributed by atoms with Gasteiger partial charge in [-0.2, -0.15) is 0 Å². The Labute approximate surface area is 88.3 Å². The summed E-state index contributed by atoms with van der Waals surface area (Å²) in [5, 5.41) is 0.949. The summed E-state index contributed by atoms with van der Waals surface area (Å²) in [5.74, 6) is 0.803. The Morgan fingerprint density at radius 1 is 1.29 bits per heavy atom. The summed E-state index contributed by atoms with van der Waals surface area (Å²) in [4.78, 5) is 4.18. The quantitative estimate of drug-likeness (QED) is 0.735. The Morgan fingerprint density at radius 2 is 2.07 bits per heavy atom. The number of nitrogens with two attached hydrogens (primary N) is 1. The minimum absolute atomic E-state index is 0. The maximum Gasteiger partial charge on any atom is 0.128 e. The first kappa shape index (κ1) is 10.6. The third kappa shape index (κ3) is 1.59. The molecule has 4 heteroatoms. The van der Waals surface area contributed by atoms with Gasteiger partial charge in [0, 0.05) is 11.6 Å². The average Bonchev–Trinajstić information content (AvgIpc) is 2.19. The highest BCUT2D eigenvalue weighted by Gasteiger charge is 2.03. The number of benzene rings is 1. The molecule has 0 unspecified atom stereocenters. The lowest BCUT2D eigenvalue weighted by molar-refractivity contribution is 0.420. The van der Waals surface area contributed by atoms with Crippen LogP contribution in [0, 0.1) is 0 Å². The molecule has 2 aromatic rings. The number of fused-ring (bicyclic) bond motifs is 1. The van der Waals surface area contributed by atoms with E-state index < -0.39 is 0 Å². The lowest BCUT2D eigenvalue weighted by Crippen LogP contribution is -1.91. The van der Waals surface area contributed by atoms with Crippen molar-refractivity contribution < 1.29 is 4.74 Å². The topological polar surface area (TPSA) is 48.1 Å². The zero-order chi connectivity index (χ0) is 9.26. The van der Waals surface area contributed by atoms with Crippen LogP contribution in [0.3, 0.4) is 0 Å². The van der Waals surface area contributed by atoms with E-state index in [1.165, 1.54) is 0 Å². The number of halogens is 1. The van der Waals surface area contributed by atoms with E-state index in [1.54, 1.807) is 19.4 Å². The van der Waals surface area contributed by atoms with Gasteiger partial charge in [0.05, 0.1) is 18.3 Å². The van der Waals surface area contributed by atoms with E-state index in [2.05, 4.69) is 4.98 Å². The molecule has 2 N–H and O–H groups in total. The SMILES string of the molecule is COc1ccc(N)c2ncccc12.Cl. The third-order valence-corrected chi connectivity index (χ3v) is 1.98. The number of aromatic nitrogens is 1. The molecule has 1 aromatic carbocycles. The van der Waals surface area contributed by atoms with Gasteiger partial charge in [0.15, 0.2) is 0 Å². The van der Waals surface area contributed by atoms with E-state index in [9.17, 15) is 0 Å². The van der Waals surface area contributed by atoms with Crippen molar-refractivity contribution in [1.29, 1.82) is 0 Å². The van der Waals surface area contributed by atoms with Crippen molar-refractivity contribution in [3.8, 4) is 5.75 Å². The summed E-state index contributed by atoms with van der Waals surface area (Å²) >= 11 is 0. The second kappa shape index (κ2) is 4.15. The predicted molar refractivity (Wildman–Crippen MR) is 60.0 cm³/mol. The number of hydrogen-bond donors (Lipinski definition) is 1. The van der Waals surface area contributed by atoms with E-state index in [1.807, 2.05) is 18.2 Å². The van der Waals surface area contributed by atoms with E-state index in [4.69, 9.17) is 10.5 Å². The van der Waals surface area contributed by atoms with Gasteiger partial charge in [0.25, 0.3) is 0 Å². The maximum atomic E-state index is 5.76. The highest BCUT2D eigenvalue weighted by molar-refractivity contribution is 5.93. The predicted octanol–water partition coefficient (Wildman–Crippen LogP) is 2.25. The number of rotatable bonds is 1. The van der Waals surface area contributed by atoms with E-state index in [-0.39, 0.29) is 12.4 Å². The number of methoxy groups -OCH3 is 1. The van der Waals surface area contributed by atoms with Crippen LogP contribution in [0.5, 0.6) is 5.75 Å². The number of pyridine rings is 1. The van der Waals surface area contributed by atoms with Crippen LogP contribution in [0.2, 0.25) is 0 Å². The molecule has 3 nitrogen and oxygen atoms in total. The Hall–Kier alpha value is -1.48. The summed E-state index contributed by atoms with van der Waals surface area (Å²) < 4.78 is 5.19. The molecule has 74 valence electrons. The maximum absolute atomic E-state index is 5.76. The van der Waals surface area contributed by atoms with Gasteiger partial charge in [-0.05, 0) is 24.3 Å². The van der Waals surface area contributed by atoms with Crippen LogP contribution < -0.4 is 10.5 Å². The molecule has 1 heterocycles. The fourth-order valence-corrected chi connectivity index (χ4v) is 1.35. The van der Waals surface area contributed by atoms with Gasteiger partial charge in [-0.25, -0.2) is 0 Å². The number of nitrogens with zero attached hydrogens (tertiary/aromatic N) is 1. The zero-order valence-corrected chi connectivity index (χ0v) is 8.54. The van der Waals surface area contributed by atoms with Crippen LogP contribution in [-0.2, 0) is 0 Å². The molecule has 0 saturated carbocycles. The van der Waals surface area contributed by atoms with Crippen molar-refractivity contribution in [1.82, 2.24) is 4.98 Å². The van der Waals surface area contributed by atoms with Crippen LogP contribution in [0.15, 0.2) is 30.5 Å². The van der Waals surface area contributed by atoms with Crippen molar-refractivity contribution in [3.63, 3.8) is 0 Å². The lowest BCUT2D eigenvalue weighted by atomic mass is 10.2. The van der Waals surface area contributed by atoms with E-state index in [0.717, 1.165) is 16.7 Å². The summed E-state index contributed by atoms with van der Waals surface area (Å²) in [6.45, 7) is 0. The molecule has 0 fully saturated rings. The van der Waals surface area contributed by atoms with Gasteiger partial charge in [-0.1, -0.05) is 0 Å². The first-order valence-corrected chi connectivity index (χ1v) is 4.00. The summed E-state index contributed by atoms with van der Waals surface area (Å²) in [6, 6.07) is 7.45. The van der Waals surface area contributed by atoms with Crippen molar-refractivity contribution >= 4 is 29.0 Å². The molecular formula is C10H11ClN2O. The molecule has 0 aliphatic carbocycles. The molecule has 0 saturated heterocycles. The lowest BCUT2D eigenvalue weighted by Gasteiger charge is -2.05. The standard InChI is InChI=1S/C10H10N2O.ClH/c1-13-9-5-4-8(11)10-7(9)3-2-6-12-10;/h2-6H,11H2,1H3;1H. The first-order chi connectivity index (χ1) is 6.33. The Morgan fingerprint density at radius 3 is 2.79 bits per heavy atom. The monoisotopic (exact) mass is 210 g/mol. The largest absolute Gasteiger partial charge is 0.496 e. The van der Waals surface area contributed by atoms with E-state index >= 15 is 0 Å². The number of hydrogen-bond acceptors (Lipinski definition) is 3. The Balaban J connectivity index is 0.000000980. The normalized spacial score (nSPS) is 9.50. The van der Waals surface area contributed by atoms with Crippen LogP contribution >= 0.6 is 12.4 Å². The van der Waals surface area contributed by atoms with Crippen molar-refractivity contribution in [3.05, 3.63) is 30.5 Å². The molecule has 0 aliphatic heterocycles. The van der Waals surface area contributed by atoms with Crippen molar-refractivity contribution in [2.24, 2.45) is 0 Å². The number of ether oxygens (including phenoxy) is 1. The number of anilines is 1. The first-order valence-electron chi connectivity index (χ1n) is 4.00. The molecule has 0 spiro atoms. The van der Waals surface area contributed by atoms with Crippen molar-refractivity contribution in [2.45, 2.75) is 0 Å². The number of nitrogen functional groups attached to an aromatic ring is 1. The zero-order valence-electron chi connectivity index (χ0n) is 7.73. The summed E-state index contributed by atoms with van der Waals surface area (Å²) in [6.07, 6.45) is 1.72. The minimum atomic E-state index is 0. The summed E-state index contributed by atoms with van der Waals surface area (Å²) in [7, 11) is 1.64. The van der Waals surface area contributed by atoms with Gasteiger partial charge in [0.2, 0.25) is 0 Å². The van der Waals surface area contributed by atoms with Crippen LogP contribution in [0.4, 0.5) is 5.69 Å². The fraction of sp³-hybridized carbons (Fsp3) is 0.100. The van der Waals surface area contributed by atoms with Crippen LogP contribution in [-0.4, -0.2) is 12.1 Å².